The first-order chi connectivity index (χ1) is 9.60. The van der Waals surface area contributed by atoms with Crippen molar-refractivity contribution in [2.45, 2.75) is 64.2 Å². The lowest BCUT2D eigenvalue weighted by Crippen LogP contribution is -2.50. The smallest absolute Gasteiger partial charge is 0.313 e. The van der Waals surface area contributed by atoms with Gasteiger partial charge < -0.3 is 4.74 Å². The van der Waals surface area contributed by atoms with E-state index in [0.29, 0.717) is 6.42 Å². The number of ketones is 1. The summed E-state index contributed by atoms with van der Waals surface area (Å²) >= 11 is 0. The molecule has 0 saturated carbocycles. The summed E-state index contributed by atoms with van der Waals surface area (Å²) in [5, 5.41) is 0. The molecule has 0 radical (unpaired) electrons. The van der Waals surface area contributed by atoms with Crippen molar-refractivity contribution >= 4 is 22.7 Å². The van der Waals surface area contributed by atoms with Crippen molar-refractivity contribution in [1.29, 1.82) is 0 Å². The fourth-order valence-corrected chi connectivity index (χ4v) is 2.71. The molecule has 2 unspecified atom stereocenters. The molecule has 0 aromatic carbocycles. The van der Waals surface area contributed by atoms with Crippen LogP contribution >= 0.6 is 0 Å². The molecule has 5 nitrogen and oxygen atoms in total. The molecule has 0 aliphatic heterocycles. The molecule has 2 atom stereocenters. The third kappa shape index (κ3) is 7.00. The van der Waals surface area contributed by atoms with E-state index in [-0.39, 0.29) is 18.6 Å². The van der Waals surface area contributed by atoms with Crippen LogP contribution < -0.4 is 4.72 Å². The largest absolute Gasteiger partial charge is 0.469 e. The standard InChI is InChI=1S/C15H27NO4S/c1-7-9-15(8-2,16-21(19)14(3,4)5)11-12(17)10-13(18)20-6/h7,9,16H,8,10-11H2,1-6H3/b9-7+. The number of hydrogen-bond donors (Lipinski definition) is 1. The summed E-state index contributed by atoms with van der Waals surface area (Å²) in [6.45, 7) is 9.35. The number of hydrogen-bond acceptors (Lipinski definition) is 4. The molecule has 0 aliphatic rings. The number of rotatable bonds is 8. The Balaban J connectivity index is 5.13. The monoisotopic (exact) mass is 317 g/mol. The number of carbonyl (C=O) groups is 2. The summed E-state index contributed by atoms with van der Waals surface area (Å²) in [5.74, 6) is -0.789. The van der Waals surface area contributed by atoms with Crippen molar-refractivity contribution in [1.82, 2.24) is 4.72 Å². The van der Waals surface area contributed by atoms with Gasteiger partial charge in [0, 0.05) is 6.42 Å². The molecule has 0 saturated heterocycles. The minimum atomic E-state index is -1.31. The average Bonchev–Trinajstić information content (AvgIpc) is 2.37. The second-order valence-electron chi connectivity index (χ2n) is 5.96. The van der Waals surface area contributed by atoms with E-state index in [4.69, 9.17) is 0 Å². The Hall–Kier alpha value is -1.01. The lowest BCUT2D eigenvalue weighted by atomic mass is 9.89. The topological polar surface area (TPSA) is 72.5 Å². The van der Waals surface area contributed by atoms with Gasteiger partial charge in [-0.05, 0) is 34.1 Å². The van der Waals surface area contributed by atoms with Crippen LogP contribution in [0.3, 0.4) is 0 Å². The molecular weight excluding hydrogens is 290 g/mol. The Morgan fingerprint density at radius 2 is 1.86 bits per heavy atom. The van der Waals surface area contributed by atoms with Gasteiger partial charge in [0.25, 0.3) is 0 Å². The number of esters is 1. The third-order valence-corrected chi connectivity index (χ3v) is 4.75. The van der Waals surface area contributed by atoms with Crippen LogP contribution in [0.5, 0.6) is 0 Å². The number of ether oxygens (including phenoxy) is 1. The quantitative estimate of drug-likeness (QED) is 0.423. The van der Waals surface area contributed by atoms with E-state index in [0.717, 1.165) is 0 Å². The zero-order chi connectivity index (χ0) is 16.7. The molecular formula is C15H27NO4S. The second-order valence-corrected chi connectivity index (χ2v) is 7.93. The molecule has 0 heterocycles. The van der Waals surface area contributed by atoms with Gasteiger partial charge in [-0.1, -0.05) is 19.1 Å². The van der Waals surface area contributed by atoms with E-state index in [2.05, 4.69) is 9.46 Å². The van der Waals surface area contributed by atoms with Crippen molar-refractivity contribution in [3.8, 4) is 0 Å². The first-order valence-corrected chi connectivity index (χ1v) is 8.17. The number of Topliss-reactive ketones (excluding diaryl/α,β-unsaturated/α-hetero) is 1. The Kier molecular flexibility index (Phi) is 8.03. The maximum atomic E-state index is 12.3. The molecule has 0 aliphatic carbocycles. The molecule has 1 N–H and O–H groups in total. The molecule has 0 bridgehead atoms. The highest BCUT2D eigenvalue weighted by Gasteiger charge is 2.33. The van der Waals surface area contributed by atoms with Crippen LogP contribution in [0.1, 0.15) is 53.9 Å². The normalized spacial score (nSPS) is 16.5. The summed E-state index contributed by atoms with van der Waals surface area (Å²) in [6, 6.07) is 0. The van der Waals surface area contributed by atoms with E-state index in [1.807, 2.05) is 46.8 Å². The Labute approximate surface area is 130 Å². The molecule has 6 heteroatoms. The molecule has 21 heavy (non-hydrogen) atoms. The van der Waals surface area contributed by atoms with Crippen LogP contribution in [-0.4, -0.2) is 33.4 Å². The Bertz CT molecular complexity index is 426. The van der Waals surface area contributed by atoms with E-state index in [1.54, 1.807) is 0 Å². The van der Waals surface area contributed by atoms with Crippen LogP contribution in [-0.2, 0) is 25.3 Å². The van der Waals surface area contributed by atoms with E-state index in [9.17, 15) is 13.8 Å². The van der Waals surface area contributed by atoms with E-state index < -0.39 is 27.2 Å². The van der Waals surface area contributed by atoms with Gasteiger partial charge in [0.05, 0.1) is 28.4 Å². The first kappa shape index (κ1) is 20.0. The van der Waals surface area contributed by atoms with Gasteiger partial charge in [-0.25, -0.2) is 8.93 Å². The predicted octanol–water partition coefficient (Wildman–Crippen LogP) is 2.29. The molecule has 0 rings (SSSR count). The van der Waals surface area contributed by atoms with Crippen molar-refractivity contribution in [3.05, 3.63) is 12.2 Å². The molecule has 0 aromatic rings. The maximum absolute atomic E-state index is 12.3. The third-order valence-electron chi connectivity index (χ3n) is 3.05. The van der Waals surface area contributed by atoms with Crippen LogP contribution in [0.4, 0.5) is 0 Å². The molecule has 0 amide bonds. The van der Waals surface area contributed by atoms with Crippen molar-refractivity contribution in [2.24, 2.45) is 0 Å². The zero-order valence-electron chi connectivity index (χ0n) is 13.8. The SMILES string of the molecule is C/C=C/C(CC)(CC(=O)CC(=O)OC)NS(=O)C(C)(C)C. The minimum absolute atomic E-state index is 0.102. The highest BCUT2D eigenvalue weighted by Crippen LogP contribution is 2.22. The van der Waals surface area contributed by atoms with Crippen LogP contribution in [0.2, 0.25) is 0 Å². The van der Waals surface area contributed by atoms with Crippen molar-refractivity contribution in [3.63, 3.8) is 0 Å². The number of allylic oxidation sites excluding steroid dienone is 1. The number of nitrogens with one attached hydrogen (secondary N) is 1. The van der Waals surface area contributed by atoms with Gasteiger partial charge in [-0.15, -0.1) is 0 Å². The molecule has 0 spiro atoms. The molecule has 0 aromatic heterocycles. The first-order valence-electron chi connectivity index (χ1n) is 7.02. The van der Waals surface area contributed by atoms with Gasteiger partial charge >= 0.3 is 5.97 Å². The maximum Gasteiger partial charge on any atom is 0.313 e. The lowest BCUT2D eigenvalue weighted by molar-refractivity contribution is -0.143. The average molecular weight is 317 g/mol. The van der Waals surface area contributed by atoms with Gasteiger partial charge in [0.1, 0.15) is 12.2 Å². The highest BCUT2D eigenvalue weighted by molar-refractivity contribution is 7.84. The number of methoxy groups -OCH3 is 1. The number of carbonyl (C=O) groups excluding carboxylic acids is 2. The fourth-order valence-electron chi connectivity index (χ4n) is 1.75. The van der Waals surface area contributed by atoms with E-state index >= 15 is 0 Å². The zero-order valence-corrected chi connectivity index (χ0v) is 14.6. The summed E-state index contributed by atoms with van der Waals surface area (Å²) in [5.41, 5.74) is -0.710. The van der Waals surface area contributed by atoms with Gasteiger partial charge in [0.2, 0.25) is 0 Å². The van der Waals surface area contributed by atoms with Gasteiger partial charge in [-0.3, -0.25) is 9.59 Å². The summed E-state index contributed by atoms with van der Waals surface area (Å²) in [4.78, 5) is 23.2. The summed E-state index contributed by atoms with van der Waals surface area (Å²) < 4.78 is 19.5. The van der Waals surface area contributed by atoms with E-state index in [1.165, 1.54) is 7.11 Å². The summed E-state index contributed by atoms with van der Waals surface area (Å²) in [6.07, 6.45) is 4.09. The predicted molar refractivity (Wildman–Crippen MR) is 85.1 cm³/mol. The summed E-state index contributed by atoms with van der Waals surface area (Å²) in [7, 11) is -0.0571. The second kappa shape index (κ2) is 8.44. The Morgan fingerprint density at radius 1 is 1.29 bits per heavy atom. The lowest BCUT2D eigenvalue weighted by Gasteiger charge is -2.33. The highest BCUT2D eigenvalue weighted by atomic mass is 32.2. The van der Waals surface area contributed by atoms with Crippen LogP contribution in [0.15, 0.2) is 12.2 Å². The van der Waals surface area contributed by atoms with Crippen LogP contribution in [0.25, 0.3) is 0 Å². The van der Waals surface area contributed by atoms with Crippen LogP contribution in [0, 0.1) is 0 Å². The fraction of sp³-hybridized carbons (Fsp3) is 0.733. The molecule has 0 fully saturated rings. The van der Waals surface area contributed by atoms with Gasteiger partial charge in [0.15, 0.2) is 0 Å². The van der Waals surface area contributed by atoms with Gasteiger partial charge in [-0.2, -0.15) is 0 Å². The molecule has 122 valence electrons. The minimum Gasteiger partial charge on any atom is -0.469 e. The van der Waals surface area contributed by atoms with Crippen molar-refractivity contribution in [2.75, 3.05) is 7.11 Å². The Morgan fingerprint density at radius 3 is 2.24 bits per heavy atom. The van der Waals surface area contributed by atoms with Crippen molar-refractivity contribution < 1.29 is 18.5 Å².